The largest absolute Gasteiger partial charge is 0.453 e. The Kier molecular flexibility index (Phi) is 4.31. The lowest BCUT2D eigenvalue weighted by Crippen LogP contribution is -2.24. The molecule has 116 valence electrons. The van der Waals surface area contributed by atoms with E-state index in [1.807, 2.05) is 25.9 Å². The molecule has 2 aromatic heterocycles. The Balaban J connectivity index is 2.18. The molecule has 0 radical (unpaired) electrons. The standard InChI is InChI=1S/C12H17F3N6/c1-8(6-7-20(2)3)16-9-4-5-10-17-18-11(12(13,14)15)21(10)19-9/h4-5,8H,6-7H2,1-3H3,(H,16,19). The Labute approximate surface area is 120 Å². The molecular formula is C12H17F3N6. The zero-order chi connectivity index (χ0) is 15.6. The molecule has 2 aromatic rings. The zero-order valence-corrected chi connectivity index (χ0v) is 12.0. The van der Waals surface area contributed by atoms with E-state index in [0.29, 0.717) is 10.3 Å². The van der Waals surface area contributed by atoms with Crippen LogP contribution in [0.2, 0.25) is 0 Å². The van der Waals surface area contributed by atoms with Crippen molar-refractivity contribution in [3.05, 3.63) is 18.0 Å². The van der Waals surface area contributed by atoms with Gasteiger partial charge in [0.15, 0.2) is 5.65 Å². The number of alkyl halides is 3. The highest BCUT2D eigenvalue weighted by atomic mass is 19.4. The maximum absolute atomic E-state index is 12.8. The van der Waals surface area contributed by atoms with Crippen molar-refractivity contribution >= 4 is 11.5 Å². The normalized spacial score (nSPS) is 13.9. The summed E-state index contributed by atoms with van der Waals surface area (Å²) in [6, 6.07) is 3.13. The molecule has 0 saturated carbocycles. The Hall–Kier alpha value is -1.90. The SMILES string of the molecule is CC(CCN(C)C)Nc1ccc2nnc(C(F)(F)F)n2n1. The number of rotatable bonds is 5. The molecule has 1 N–H and O–H groups in total. The van der Waals surface area contributed by atoms with Gasteiger partial charge in [0, 0.05) is 6.04 Å². The van der Waals surface area contributed by atoms with Crippen LogP contribution in [0.25, 0.3) is 5.65 Å². The molecule has 9 heteroatoms. The summed E-state index contributed by atoms with van der Waals surface area (Å²) in [6.07, 6.45) is -3.73. The lowest BCUT2D eigenvalue weighted by molar-refractivity contribution is -0.146. The number of fused-ring (bicyclic) bond motifs is 1. The van der Waals surface area contributed by atoms with Crippen LogP contribution in [-0.2, 0) is 6.18 Å². The van der Waals surface area contributed by atoms with Gasteiger partial charge in [-0.1, -0.05) is 0 Å². The maximum atomic E-state index is 12.8. The van der Waals surface area contributed by atoms with Crippen LogP contribution in [0.3, 0.4) is 0 Å². The van der Waals surface area contributed by atoms with Crippen molar-refractivity contribution in [1.29, 1.82) is 0 Å². The van der Waals surface area contributed by atoms with Gasteiger partial charge in [0.2, 0.25) is 0 Å². The second-order valence-electron chi connectivity index (χ2n) is 5.15. The van der Waals surface area contributed by atoms with Crippen LogP contribution in [0.1, 0.15) is 19.2 Å². The summed E-state index contributed by atoms with van der Waals surface area (Å²) in [4.78, 5) is 2.04. The Morgan fingerprint density at radius 1 is 1.29 bits per heavy atom. The number of anilines is 1. The fourth-order valence-electron chi connectivity index (χ4n) is 1.82. The van der Waals surface area contributed by atoms with Gasteiger partial charge >= 0.3 is 6.18 Å². The average Bonchev–Trinajstić information content (AvgIpc) is 2.79. The molecule has 1 atom stereocenters. The van der Waals surface area contributed by atoms with Gasteiger partial charge in [-0.15, -0.1) is 15.3 Å². The molecular weight excluding hydrogens is 285 g/mol. The first kappa shape index (κ1) is 15.5. The molecule has 0 amide bonds. The molecule has 0 saturated heterocycles. The van der Waals surface area contributed by atoms with E-state index >= 15 is 0 Å². The minimum absolute atomic E-state index is 0.0637. The average molecular weight is 302 g/mol. The lowest BCUT2D eigenvalue weighted by atomic mass is 10.2. The van der Waals surface area contributed by atoms with Crippen molar-refractivity contribution in [3.63, 3.8) is 0 Å². The van der Waals surface area contributed by atoms with Gasteiger partial charge in [-0.2, -0.15) is 17.7 Å². The third-order valence-corrected chi connectivity index (χ3v) is 2.92. The lowest BCUT2D eigenvalue weighted by Gasteiger charge is -2.17. The number of nitrogens with zero attached hydrogens (tertiary/aromatic N) is 5. The summed E-state index contributed by atoms with van der Waals surface area (Å²) in [7, 11) is 3.92. The summed E-state index contributed by atoms with van der Waals surface area (Å²) >= 11 is 0. The van der Waals surface area contributed by atoms with Crippen molar-refractivity contribution in [2.75, 3.05) is 26.0 Å². The zero-order valence-electron chi connectivity index (χ0n) is 12.0. The minimum atomic E-state index is -4.58. The summed E-state index contributed by atoms with van der Waals surface area (Å²) < 4.78 is 39.0. The summed E-state index contributed by atoms with van der Waals surface area (Å²) in [6.45, 7) is 2.82. The predicted molar refractivity (Wildman–Crippen MR) is 72.0 cm³/mol. The maximum Gasteiger partial charge on any atom is 0.453 e. The number of hydrogen-bond acceptors (Lipinski definition) is 5. The monoisotopic (exact) mass is 302 g/mol. The molecule has 2 heterocycles. The smallest absolute Gasteiger partial charge is 0.366 e. The van der Waals surface area contributed by atoms with Gasteiger partial charge in [-0.25, -0.2) is 0 Å². The molecule has 0 aliphatic carbocycles. The highest BCUT2D eigenvalue weighted by Crippen LogP contribution is 2.27. The Morgan fingerprint density at radius 3 is 2.62 bits per heavy atom. The summed E-state index contributed by atoms with van der Waals surface area (Å²) in [5.74, 6) is -0.763. The van der Waals surface area contributed by atoms with E-state index in [1.165, 1.54) is 6.07 Å². The highest BCUT2D eigenvalue weighted by Gasteiger charge is 2.37. The first-order valence-electron chi connectivity index (χ1n) is 6.48. The quantitative estimate of drug-likeness (QED) is 0.914. The van der Waals surface area contributed by atoms with Crippen LogP contribution in [0.5, 0.6) is 0 Å². The first-order chi connectivity index (χ1) is 9.77. The molecule has 0 aliphatic heterocycles. The second kappa shape index (κ2) is 5.84. The fourth-order valence-corrected chi connectivity index (χ4v) is 1.82. The van der Waals surface area contributed by atoms with Crippen molar-refractivity contribution in [2.24, 2.45) is 0 Å². The Bertz CT molecular complexity index is 607. The van der Waals surface area contributed by atoms with E-state index in [9.17, 15) is 13.2 Å². The van der Waals surface area contributed by atoms with Crippen LogP contribution in [0, 0.1) is 0 Å². The van der Waals surface area contributed by atoms with Crippen molar-refractivity contribution in [1.82, 2.24) is 24.7 Å². The molecule has 0 fully saturated rings. The number of nitrogens with one attached hydrogen (secondary N) is 1. The predicted octanol–water partition coefficient (Wildman–Crippen LogP) is 1.90. The third-order valence-electron chi connectivity index (χ3n) is 2.92. The first-order valence-corrected chi connectivity index (χ1v) is 6.48. The molecule has 6 nitrogen and oxygen atoms in total. The molecule has 0 bridgehead atoms. The van der Waals surface area contributed by atoms with E-state index in [1.54, 1.807) is 6.07 Å². The fraction of sp³-hybridized carbons (Fsp3) is 0.583. The van der Waals surface area contributed by atoms with Gasteiger partial charge in [0.05, 0.1) is 0 Å². The summed E-state index contributed by atoms with van der Waals surface area (Å²) in [5, 5.41) is 13.6. The van der Waals surface area contributed by atoms with Crippen LogP contribution >= 0.6 is 0 Å². The topological polar surface area (TPSA) is 58.3 Å². The van der Waals surface area contributed by atoms with E-state index in [-0.39, 0.29) is 11.7 Å². The summed E-state index contributed by atoms with van der Waals surface area (Å²) in [5.41, 5.74) is 0.0637. The molecule has 2 rings (SSSR count). The van der Waals surface area contributed by atoms with Crippen molar-refractivity contribution in [3.8, 4) is 0 Å². The Morgan fingerprint density at radius 2 is 2.00 bits per heavy atom. The van der Waals surface area contributed by atoms with Crippen molar-refractivity contribution < 1.29 is 13.2 Å². The van der Waals surface area contributed by atoms with Crippen LogP contribution in [-0.4, -0.2) is 51.4 Å². The molecule has 0 spiro atoms. The van der Waals surface area contributed by atoms with Gasteiger partial charge < -0.3 is 10.2 Å². The van der Waals surface area contributed by atoms with Crippen LogP contribution < -0.4 is 5.32 Å². The van der Waals surface area contributed by atoms with E-state index in [0.717, 1.165) is 13.0 Å². The van der Waals surface area contributed by atoms with Gasteiger partial charge in [0.1, 0.15) is 5.82 Å². The van der Waals surface area contributed by atoms with E-state index in [4.69, 9.17) is 0 Å². The van der Waals surface area contributed by atoms with Gasteiger partial charge in [-0.05, 0) is 46.1 Å². The molecule has 0 aromatic carbocycles. The van der Waals surface area contributed by atoms with Crippen LogP contribution in [0.15, 0.2) is 12.1 Å². The minimum Gasteiger partial charge on any atom is -0.366 e. The second-order valence-corrected chi connectivity index (χ2v) is 5.15. The number of aromatic nitrogens is 4. The molecule has 21 heavy (non-hydrogen) atoms. The van der Waals surface area contributed by atoms with Crippen molar-refractivity contribution in [2.45, 2.75) is 25.6 Å². The molecule has 0 aliphatic rings. The third kappa shape index (κ3) is 3.81. The van der Waals surface area contributed by atoms with Gasteiger partial charge in [-0.3, -0.25) is 0 Å². The number of halogens is 3. The highest BCUT2D eigenvalue weighted by molar-refractivity contribution is 5.44. The molecule has 1 unspecified atom stereocenters. The number of hydrogen-bond donors (Lipinski definition) is 1. The van der Waals surface area contributed by atoms with Gasteiger partial charge in [0.25, 0.3) is 5.82 Å². The van der Waals surface area contributed by atoms with Crippen LogP contribution in [0.4, 0.5) is 19.0 Å². The van der Waals surface area contributed by atoms with E-state index < -0.39 is 12.0 Å². The van der Waals surface area contributed by atoms with E-state index in [2.05, 4.69) is 20.6 Å².